The molecule has 0 spiro atoms. The number of ether oxygens (including phenoxy) is 2. The Labute approximate surface area is 168 Å². The van der Waals surface area contributed by atoms with E-state index in [9.17, 15) is 35.4 Å². The lowest BCUT2D eigenvalue weighted by atomic mass is 10.1. The van der Waals surface area contributed by atoms with Crippen LogP contribution in [-0.2, 0) is 4.74 Å². The highest BCUT2D eigenvalue weighted by molar-refractivity contribution is 5.88. The Morgan fingerprint density at radius 2 is 1.67 bits per heavy atom. The summed E-state index contributed by atoms with van der Waals surface area (Å²) < 4.78 is 16.2. The van der Waals surface area contributed by atoms with Crippen molar-refractivity contribution in [2.45, 2.75) is 24.6 Å². The quantitative estimate of drug-likeness (QED) is 0.350. The number of phenols is 2. The molecular formula is C20H18O10. The number of aliphatic hydroxyl groups is 3. The van der Waals surface area contributed by atoms with Crippen molar-refractivity contribution in [2.75, 3.05) is 6.61 Å². The molecule has 1 aliphatic heterocycles. The second kappa shape index (κ2) is 7.50. The van der Waals surface area contributed by atoms with Crippen molar-refractivity contribution in [1.29, 1.82) is 0 Å². The van der Waals surface area contributed by atoms with Gasteiger partial charge in [-0.2, -0.15) is 0 Å². The van der Waals surface area contributed by atoms with Gasteiger partial charge in [0.1, 0.15) is 46.5 Å². The Morgan fingerprint density at radius 3 is 2.37 bits per heavy atom. The zero-order chi connectivity index (χ0) is 21.6. The molecule has 1 unspecified atom stereocenters. The highest BCUT2D eigenvalue weighted by atomic mass is 16.7. The predicted molar refractivity (Wildman–Crippen MR) is 101 cm³/mol. The minimum Gasteiger partial charge on any atom is -0.508 e. The fraction of sp³-hybridized carbons (Fsp3) is 0.250. The van der Waals surface area contributed by atoms with Crippen LogP contribution in [0.4, 0.5) is 0 Å². The summed E-state index contributed by atoms with van der Waals surface area (Å²) >= 11 is 0. The van der Waals surface area contributed by atoms with Crippen LogP contribution in [0.15, 0.2) is 45.6 Å². The van der Waals surface area contributed by atoms with Gasteiger partial charge in [-0.05, 0) is 24.3 Å². The van der Waals surface area contributed by atoms with Gasteiger partial charge in [0.2, 0.25) is 17.5 Å². The molecule has 0 radical (unpaired) electrons. The lowest BCUT2D eigenvalue weighted by Gasteiger charge is -2.34. The van der Waals surface area contributed by atoms with Crippen LogP contribution in [0.2, 0.25) is 0 Å². The van der Waals surface area contributed by atoms with Crippen molar-refractivity contribution in [3.05, 3.63) is 46.6 Å². The summed E-state index contributed by atoms with van der Waals surface area (Å²) in [5, 5.41) is 58.9. The van der Waals surface area contributed by atoms with E-state index in [-0.39, 0.29) is 34.8 Å². The third kappa shape index (κ3) is 3.42. The number of aromatic hydroxyl groups is 3. The van der Waals surface area contributed by atoms with Crippen LogP contribution < -0.4 is 10.2 Å². The van der Waals surface area contributed by atoms with Crippen molar-refractivity contribution in [3.63, 3.8) is 0 Å². The first-order chi connectivity index (χ1) is 14.3. The molecule has 2 heterocycles. The van der Waals surface area contributed by atoms with Gasteiger partial charge in [0.25, 0.3) is 0 Å². The first-order valence-corrected chi connectivity index (χ1v) is 8.91. The van der Waals surface area contributed by atoms with E-state index in [2.05, 4.69) is 0 Å². The monoisotopic (exact) mass is 418 g/mol. The molecular weight excluding hydrogens is 400 g/mol. The van der Waals surface area contributed by atoms with Gasteiger partial charge in [-0.1, -0.05) is 0 Å². The van der Waals surface area contributed by atoms with E-state index >= 15 is 0 Å². The number of aliphatic hydroxyl groups excluding tert-OH is 3. The van der Waals surface area contributed by atoms with Crippen LogP contribution in [-0.4, -0.2) is 61.8 Å². The zero-order valence-corrected chi connectivity index (χ0v) is 15.3. The van der Waals surface area contributed by atoms with E-state index in [0.29, 0.717) is 5.56 Å². The van der Waals surface area contributed by atoms with Crippen LogP contribution in [0.5, 0.6) is 23.0 Å². The largest absolute Gasteiger partial charge is 0.508 e. The van der Waals surface area contributed by atoms with Crippen LogP contribution in [0.25, 0.3) is 22.3 Å². The van der Waals surface area contributed by atoms with Gasteiger partial charge in [-0.3, -0.25) is 4.79 Å². The number of phenolic OH excluding ortho intramolecular Hbond substituents is 2. The van der Waals surface area contributed by atoms with E-state index in [1.165, 1.54) is 30.3 Å². The topological polar surface area (TPSA) is 170 Å². The SMILES string of the molecule is O=c1c(O)c(-c2ccc(O)cc2)oc2cc(O[C@@H]3OC[C@H](O)[C@H](O)C3O)cc(O)c12. The van der Waals surface area contributed by atoms with Crippen LogP contribution in [0.3, 0.4) is 0 Å². The molecule has 4 atom stereocenters. The second-order valence-electron chi connectivity index (χ2n) is 6.84. The Morgan fingerprint density at radius 1 is 0.967 bits per heavy atom. The molecule has 0 saturated carbocycles. The Bertz CT molecular complexity index is 1140. The van der Waals surface area contributed by atoms with Crippen molar-refractivity contribution in [1.82, 2.24) is 0 Å². The maximum absolute atomic E-state index is 12.6. The zero-order valence-electron chi connectivity index (χ0n) is 15.3. The molecule has 3 aromatic rings. The Balaban J connectivity index is 1.76. The Hall–Kier alpha value is -3.31. The highest BCUT2D eigenvalue weighted by Gasteiger charge is 2.39. The summed E-state index contributed by atoms with van der Waals surface area (Å²) in [7, 11) is 0. The lowest BCUT2D eigenvalue weighted by molar-refractivity contribution is -0.242. The summed E-state index contributed by atoms with van der Waals surface area (Å²) in [6.45, 7) is -0.281. The van der Waals surface area contributed by atoms with E-state index in [1.54, 1.807) is 0 Å². The van der Waals surface area contributed by atoms with Crippen LogP contribution >= 0.6 is 0 Å². The minimum atomic E-state index is -1.56. The number of rotatable bonds is 3. The summed E-state index contributed by atoms with van der Waals surface area (Å²) in [6, 6.07) is 7.85. The third-order valence-corrected chi connectivity index (χ3v) is 4.76. The van der Waals surface area contributed by atoms with E-state index in [4.69, 9.17) is 13.9 Å². The third-order valence-electron chi connectivity index (χ3n) is 4.76. The summed E-state index contributed by atoms with van der Waals surface area (Å²) in [5.41, 5.74) is -0.698. The summed E-state index contributed by atoms with van der Waals surface area (Å²) in [5.74, 6) is -1.53. The lowest BCUT2D eigenvalue weighted by Crippen LogP contribution is -2.54. The van der Waals surface area contributed by atoms with Crippen LogP contribution in [0, 0.1) is 0 Å². The predicted octanol–water partition coefficient (Wildman–Crippen LogP) is 0.395. The highest BCUT2D eigenvalue weighted by Crippen LogP contribution is 2.36. The molecule has 6 N–H and O–H groups in total. The second-order valence-corrected chi connectivity index (χ2v) is 6.84. The average molecular weight is 418 g/mol. The maximum atomic E-state index is 12.6. The first kappa shape index (κ1) is 20.0. The average Bonchev–Trinajstić information content (AvgIpc) is 2.71. The van der Waals surface area contributed by atoms with E-state index in [0.717, 1.165) is 6.07 Å². The van der Waals surface area contributed by atoms with Crippen molar-refractivity contribution < 1.29 is 44.5 Å². The Kier molecular flexibility index (Phi) is 5.00. The van der Waals surface area contributed by atoms with Gasteiger partial charge < -0.3 is 44.5 Å². The van der Waals surface area contributed by atoms with Crippen molar-refractivity contribution >= 4 is 11.0 Å². The summed E-state index contributed by atoms with van der Waals surface area (Å²) in [4.78, 5) is 12.6. The molecule has 0 aliphatic carbocycles. The molecule has 0 amide bonds. The van der Waals surface area contributed by atoms with E-state index < -0.39 is 41.5 Å². The van der Waals surface area contributed by atoms with Gasteiger partial charge in [-0.15, -0.1) is 0 Å². The molecule has 1 aromatic heterocycles. The molecule has 1 fully saturated rings. The molecule has 0 bridgehead atoms. The smallest absolute Gasteiger partial charge is 0.238 e. The molecule has 158 valence electrons. The number of hydrogen-bond acceptors (Lipinski definition) is 10. The van der Waals surface area contributed by atoms with Gasteiger partial charge in [0.15, 0.2) is 5.76 Å². The summed E-state index contributed by atoms with van der Waals surface area (Å²) in [6.07, 6.45) is -5.68. The van der Waals surface area contributed by atoms with Gasteiger partial charge in [0.05, 0.1) is 6.61 Å². The first-order valence-electron chi connectivity index (χ1n) is 8.91. The fourth-order valence-corrected chi connectivity index (χ4v) is 3.16. The van der Waals surface area contributed by atoms with Crippen LogP contribution in [0.1, 0.15) is 0 Å². The standard InChI is InChI=1S/C20H18O10/c21-9-3-1-8(2-4-9)19-17(26)16(25)14-11(22)5-10(6-13(14)30-19)29-20-18(27)15(24)12(23)7-28-20/h1-6,12,15,18,20-24,26-27H,7H2/t12-,15-,18?,20-/m0/s1. The molecule has 1 aliphatic rings. The number of fused-ring (bicyclic) bond motifs is 1. The molecule has 30 heavy (non-hydrogen) atoms. The number of hydrogen-bond donors (Lipinski definition) is 6. The molecule has 2 aromatic carbocycles. The minimum absolute atomic E-state index is 0.0203. The molecule has 10 heteroatoms. The van der Waals surface area contributed by atoms with Crippen molar-refractivity contribution in [2.24, 2.45) is 0 Å². The van der Waals surface area contributed by atoms with E-state index in [1.807, 2.05) is 0 Å². The molecule has 4 rings (SSSR count). The number of benzene rings is 2. The van der Waals surface area contributed by atoms with Gasteiger partial charge in [0, 0.05) is 17.7 Å². The molecule has 1 saturated heterocycles. The van der Waals surface area contributed by atoms with Gasteiger partial charge in [-0.25, -0.2) is 0 Å². The van der Waals surface area contributed by atoms with Crippen molar-refractivity contribution in [3.8, 4) is 34.3 Å². The fourth-order valence-electron chi connectivity index (χ4n) is 3.16. The van der Waals surface area contributed by atoms with Gasteiger partial charge >= 0.3 is 0 Å². The maximum Gasteiger partial charge on any atom is 0.238 e. The molecule has 10 nitrogen and oxygen atoms in total. The normalized spacial score (nSPS) is 24.1.